The number of nitrogen functional groups attached to an aromatic ring is 1. The smallest absolute Gasteiger partial charge is 0.286 e. The van der Waals surface area contributed by atoms with Crippen LogP contribution in [0.4, 0.5) is 11.4 Å². The molecule has 0 spiro atoms. The molecule has 0 unspecified atom stereocenters. The number of nitrogens with two attached hydrogens (primary N) is 1. The SMILES string of the molecule is CC(=O)c1cc(N)c(Br)c([N+](=O)[O-])c1. The van der Waals surface area contributed by atoms with Crippen molar-refractivity contribution in [3.05, 3.63) is 32.3 Å². The van der Waals surface area contributed by atoms with Gasteiger partial charge in [-0.15, -0.1) is 0 Å². The van der Waals surface area contributed by atoms with Crippen LogP contribution >= 0.6 is 15.9 Å². The molecule has 0 heterocycles. The fraction of sp³-hybridized carbons (Fsp3) is 0.125. The van der Waals surface area contributed by atoms with Gasteiger partial charge in [-0.05, 0) is 28.9 Å². The lowest BCUT2D eigenvalue weighted by atomic mass is 10.1. The molecule has 0 amide bonds. The normalized spacial score (nSPS) is 9.86. The van der Waals surface area contributed by atoms with Crippen molar-refractivity contribution in [1.29, 1.82) is 0 Å². The molecular weight excluding hydrogens is 252 g/mol. The summed E-state index contributed by atoms with van der Waals surface area (Å²) >= 11 is 2.99. The molecule has 1 aromatic carbocycles. The molecule has 0 aliphatic heterocycles. The molecule has 2 N–H and O–H groups in total. The van der Waals surface area contributed by atoms with Crippen LogP contribution in [-0.2, 0) is 0 Å². The first kappa shape index (κ1) is 10.6. The zero-order valence-electron chi connectivity index (χ0n) is 7.28. The molecule has 0 aromatic heterocycles. The first-order valence-electron chi connectivity index (χ1n) is 3.68. The average molecular weight is 259 g/mol. The van der Waals surface area contributed by atoms with Gasteiger partial charge in [-0.25, -0.2) is 0 Å². The van der Waals surface area contributed by atoms with Crippen molar-refractivity contribution in [2.24, 2.45) is 0 Å². The molecule has 0 radical (unpaired) electrons. The molecule has 1 aromatic rings. The molecule has 6 heteroatoms. The molecular formula is C8H7BrN2O3. The number of nitro groups is 1. The van der Waals surface area contributed by atoms with Gasteiger partial charge in [0.15, 0.2) is 5.78 Å². The summed E-state index contributed by atoms with van der Waals surface area (Å²) in [5, 5.41) is 10.6. The summed E-state index contributed by atoms with van der Waals surface area (Å²) in [6, 6.07) is 2.60. The minimum Gasteiger partial charge on any atom is -0.398 e. The van der Waals surface area contributed by atoms with Gasteiger partial charge in [0, 0.05) is 11.6 Å². The van der Waals surface area contributed by atoms with Crippen molar-refractivity contribution in [2.75, 3.05) is 5.73 Å². The maximum absolute atomic E-state index is 11.0. The van der Waals surface area contributed by atoms with E-state index in [4.69, 9.17) is 5.73 Å². The number of nitro benzene ring substituents is 1. The second-order valence-electron chi connectivity index (χ2n) is 2.71. The van der Waals surface area contributed by atoms with Crippen LogP contribution in [0.1, 0.15) is 17.3 Å². The monoisotopic (exact) mass is 258 g/mol. The average Bonchev–Trinajstić information content (AvgIpc) is 2.08. The number of hydrogen-bond acceptors (Lipinski definition) is 4. The largest absolute Gasteiger partial charge is 0.398 e. The third-order valence-electron chi connectivity index (χ3n) is 1.68. The molecule has 0 atom stereocenters. The van der Waals surface area contributed by atoms with Gasteiger partial charge in [0.25, 0.3) is 5.69 Å². The maximum Gasteiger partial charge on any atom is 0.286 e. The topological polar surface area (TPSA) is 86.2 Å². The Morgan fingerprint density at radius 2 is 2.14 bits per heavy atom. The van der Waals surface area contributed by atoms with Crippen molar-refractivity contribution in [1.82, 2.24) is 0 Å². The van der Waals surface area contributed by atoms with E-state index in [0.29, 0.717) is 0 Å². The number of benzene rings is 1. The van der Waals surface area contributed by atoms with E-state index in [1.807, 2.05) is 0 Å². The van der Waals surface area contributed by atoms with E-state index in [0.717, 1.165) is 0 Å². The summed E-state index contributed by atoms with van der Waals surface area (Å²) in [5.41, 5.74) is 5.71. The van der Waals surface area contributed by atoms with Crippen molar-refractivity contribution in [3.63, 3.8) is 0 Å². The third-order valence-corrected chi connectivity index (χ3v) is 2.55. The van der Waals surface area contributed by atoms with Crippen LogP contribution < -0.4 is 5.73 Å². The Hall–Kier alpha value is -1.43. The van der Waals surface area contributed by atoms with Gasteiger partial charge in [0.05, 0.1) is 10.6 Å². The number of nitrogens with zero attached hydrogens (tertiary/aromatic N) is 1. The molecule has 0 fully saturated rings. The number of Topliss-reactive ketones (excluding diaryl/α,β-unsaturated/α-hetero) is 1. The highest BCUT2D eigenvalue weighted by molar-refractivity contribution is 9.10. The molecule has 0 saturated carbocycles. The van der Waals surface area contributed by atoms with E-state index in [-0.39, 0.29) is 27.2 Å². The Bertz CT molecular complexity index is 417. The van der Waals surface area contributed by atoms with Crippen LogP contribution in [0.15, 0.2) is 16.6 Å². The molecule has 5 nitrogen and oxygen atoms in total. The number of carbonyl (C=O) groups is 1. The Morgan fingerprint density at radius 1 is 1.57 bits per heavy atom. The number of carbonyl (C=O) groups excluding carboxylic acids is 1. The predicted octanol–water partition coefficient (Wildman–Crippen LogP) is 2.14. The maximum atomic E-state index is 11.0. The number of rotatable bonds is 2. The first-order valence-corrected chi connectivity index (χ1v) is 4.47. The standard InChI is InChI=1S/C8H7BrN2O3/c1-4(12)5-2-6(10)8(9)7(3-5)11(13)14/h2-3H,10H2,1H3. The summed E-state index contributed by atoms with van der Waals surface area (Å²) < 4.78 is 0.201. The van der Waals surface area contributed by atoms with E-state index >= 15 is 0 Å². The lowest BCUT2D eigenvalue weighted by molar-refractivity contribution is -0.385. The van der Waals surface area contributed by atoms with Crippen molar-refractivity contribution in [3.8, 4) is 0 Å². The van der Waals surface area contributed by atoms with Gasteiger partial charge in [0.1, 0.15) is 4.47 Å². The lowest BCUT2D eigenvalue weighted by Crippen LogP contribution is -2.00. The number of hydrogen-bond donors (Lipinski definition) is 1. The molecule has 74 valence electrons. The van der Waals surface area contributed by atoms with Gasteiger partial charge < -0.3 is 5.73 Å². The zero-order valence-corrected chi connectivity index (χ0v) is 8.87. The molecule has 0 aliphatic rings. The minimum atomic E-state index is -0.590. The zero-order chi connectivity index (χ0) is 10.9. The Kier molecular flexibility index (Phi) is 2.85. The minimum absolute atomic E-state index is 0.185. The van der Waals surface area contributed by atoms with Crippen LogP contribution in [0.25, 0.3) is 0 Å². The summed E-state index contributed by atoms with van der Waals surface area (Å²) in [4.78, 5) is 21.0. The van der Waals surface area contributed by atoms with E-state index in [1.165, 1.54) is 19.1 Å². The summed E-state index contributed by atoms with van der Waals surface area (Å²) in [5.74, 6) is -0.257. The molecule has 0 bridgehead atoms. The highest BCUT2D eigenvalue weighted by Crippen LogP contribution is 2.31. The second kappa shape index (κ2) is 3.75. The van der Waals surface area contributed by atoms with Crippen molar-refractivity contribution >= 4 is 33.1 Å². The van der Waals surface area contributed by atoms with Gasteiger partial charge >= 0.3 is 0 Å². The second-order valence-corrected chi connectivity index (χ2v) is 3.50. The highest BCUT2D eigenvalue weighted by Gasteiger charge is 2.17. The number of anilines is 1. The van der Waals surface area contributed by atoms with Gasteiger partial charge in [-0.1, -0.05) is 0 Å². The Balaban J connectivity index is 3.43. The van der Waals surface area contributed by atoms with Crippen molar-refractivity contribution < 1.29 is 9.72 Å². The fourth-order valence-electron chi connectivity index (χ4n) is 0.967. The van der Waals surface area contributed by atoms with Crippen molar-refractivity contribution in [2.45, 2.75) is 6.92 Å². The van der Waals surface area contributed by atoms with Crippen LogP contribution in [0.5, 0.6) is 0 Å². The third kappa shape index (κ3) is 1.90. The van der Waals surface area contributed by atoms with Crippen LogP contribution in [0, 0.1) is 10.1 Å². The highest BCUT2D eigenvalue weighted by atomic mass is 79.9. The van der Waals surface area contributed by atoms with Crippen LogP contribution in [0.2, 0.25) is 0 Å². The number of ketones is 1. The predicted molar refractivity (Wildman–Crippen MR) is 55.2 cm³/mol. The molecule has 0 aliphatic carbocycles. The quantitative estimate of drug-likeness (QED) is 0.381. The molecule has 1 rings (SSSR count). The van der Waals surface area contributed by atoms with E-state index in [1.54, 1.807) is 0 Å². The first-order chi connectivity index (χ1) is 6.43. The Labute approximate surface area is 88.2 Å². The van der Waals surface area contributed by atoms with Crippen LogP contribution in [-0.4, -0.2) is 10.7 Å². The summed E-state index contributed by atoms with van der Waals surface area (Å²) in [6.07, 6.45) is 0. The number of halogens is 1. The van der Waals surface area contributed by atoms with E-state index < -0.39 is 4.92 Å². The van der Waals surface area contributed by atoms with Gasteiger partial charge in [-0.2, -0.15) is 0 Å². The summed E-state index contributed by atoms with van der Waals surface area (Å²) in [7, 11) is 0. The van der Waals surface area contributed by atoms with E-state index in [9.17, 15) is 14.9 Å². The Morgan fingerprint density at radius 3 is 2.57 bits per heavy atom. The van der Waals surface area contributed by atoms with E-state index in [2.05, 4.69) is 15.9 Å². The molecule has 0 saturated heterocycles. The van der Waals surface area contributed by atoms with Gasteiger partial charge in [-0.3, -0.25) is 14.9 Å². The van der Waals surface area contributed by atoms with Crippen LogP contribution in [0.3, 0.4) is 0 Å². The lowest BCUT2D eigenvalue weighted by Gasteiger charge is -2.02. The summed E-state index contributed by atoms with van der Waals surface area (Å²) in [6.45, 7) is 1.33. The molecule has 14 heavy (non-hydrogen) atoms. The van der Waals surface area contributed by atoms with Gasteiger partial charge in [0.2, 0.25) is 0 Å². The fourth-order valence-corrected chi connectivity index (χ4v) is 1.34.